The van der Waals surface area contributed by atoms with E-state index in [1.807, 2.05) is 24.3 Å². The Hall–Kier alpha value is -1.35. The predicted octanol–water partition coefficient (Wildman–Crippen LogP) is 2.07. The van der Waals surface area contributed by atoms with Crippen LogP contribution in [0, 0.1) is 0 Å². The summed E-state index contributed by atoms with van der Waals surface area (Å²) in [5.74, 6) is 1.21. The van der Waals surface area contributed by atoms with Crippen molar-refractivity contribution in [1.29, 1.82) is 0 Å². The molecule has 1 unspecified atom stereocenters. The van der Waals surface area contributed by atoms with Crippen molar-refractivity contribution in [2.45, 2.75) is 25.4 Å². The van der Waals surface area contributed by atoms with Crippen LogP contribution < -0.4 is 4.74 Å². The molecule has 1 aliphatic heterocycles. The minimum atomic E-state index is 0.288. The van der Waals surface area contributed by atoms with Gasteiger partial charge in [0.2, 0.25) is 0 Å². The fourth-order valence-corrected chi connectivity index (χ4v) is 2.06. The summed E-state index contributed by atoms with van der Waals surface area (Å²) in [7, 11) is 2.09. The lowest BCUT2D eigenvalue weighted by Gasteiger charge is -2.36. The molecule has 0 radical (unpaired) electrons. The number of likely N-dealkylation sites (tertiary alicyclic amines) is 1. The highest BCUT2D eigenvalue weighted by atomic mass is 16.5. The summed E-state index contributed by atoms with van der Waals surface area (Å²) < 4.78 is 5.80. The number of benzene rings is 1. The maximum atomic E-state index is 10.4. The Morgan fingerprint density at radius 2 is 2.06 bits per heavy atom. The number of carbonyl (C=O) groups is 1. The molecule has 1 aromatic carbocycles. The van der Waals surface area contributed by atoms with E-state index >= 15 is 0 Å². The van der Waals surface area contributed by atoms with Crippen LogP contribution in [0.2, 0.25) is 0 Å². The molecule has 0 bridgehead atoms. The van der Waals surface area contributed by atoms with Gasteiger partial charge in [-0.25, -0.2) is 0 Å². The van der Waals surface area contributed by atoms with E-state index in [1.54, 1.807) is 0 Å². The second-order valence-electron chi connectivity index (χ2n) is 4.83. The summed E-state index contributed by atoms with van der Waals surface area (Å²) in [4.78, 5) is 12.7. The fourth-order valence-electron chi connectivity index (χ4n) is 2.06. The molecule has 3 nitrogen and oxygen atoms in total. The van der Waals surface area contributed by atoms with Gasteiger partial charge < -0.3 is 9.53 Å². The number of likely N-dealkylation sites (N-methyl/N-ethyl adjacent to an activating group) is 1. The number of rotatable bonds is 5. The van der Waals surface area contributed by atoms with Crippen LogP contribution in [0.1, 0.15) is 24.8 Å². The number of hydrogen-bond acceptors (Lipinski definition) is 3. The molecule has 0 spiro atoms. The SMILES string of the molecule is CC(CC=O)c1ccc(OC2CN(C)C2)cc1. The predicted molar refractivity (Wildman–Crippen MR) is 67.5 cm³/mol. The molecule has 1 fully saturated rings. The van der Waals surface area contributed by atoms with Gasteiger partial charge in [0.1, 0.15) is 18.1 Å². The molecule has 1 aliphatic rings. The molecule has 1 aromatic rings. The highest BCUT2D eigenvalue weighted by Crippen LogP contribution is 2.22. The topological polar surface area (TPSA) is 29.5 Å². The Morgan fingerprint density at radius 3 is 2.59 bits per heavy atom. The lowest BCUT2D eigenvalue weighted by molar-refractivity contribution is -0.108. The van der Waals surface area contributed by atoms with Crippen LogP contribution >= 0.6 is 0 Å². The van der Waals surface area contributed by atoms with Crippen molar-refractivity contribution in [2.24, 2.45) is 0 Å². The summed E-state index contributed by atoms with van der Waals surface area (Å²) in [5.41, 5.74) is 1.19. The van der Waals surface area contributed by atoms with Crippen LogP contribution in [0.15, 0.2) is 24.3 Å². The first-order chi connectivity index (χ1) is 8.19. The summed E-state index contributed by atoms with van der Waals surface area (Å²) in [6.45, 7) is 4.07. The van der Waals surface area contributed by atoms with Crippen molar-refractivity contribution in [3.05, 3.63) is 29.8 Å². The zero-order valence-corrected chi connectivity index (χ0v) is 10.4. The van der Waals surface area contributed by atoms with Gasteiger partial charge in [-0.05, 0) is 30.7 Å². The van der Waals surface area contributed by atoms with Crippen LogP contribution in [-0.2, 0) is 4.79 Å². The molecule has 1 heterocycles. The van der Waals surface area contributed by atoms with Gasteiger partial charge in [0.15, 0.2) is 0 Å². The van der Waals surface area contributed by atoms with E-state index in [2.05, 4.69) is 18.9 Å². The van der Waals surface area contributed by atoms with Crippen molar-refractivity contribution in [2.75, 3.05) is 20.1 Å². The highest BCUT2D eigenvalue weighted by molar-refractivity contribution is 5.51. The Bertz CT molecular complexity index is 368. The quantitative estimate of drug-likeness (QED) is 0.729. The monoisotopic (exact) mass is 233 g/mol. The molecule has 0 amide bonds. The molecule has 0 saturated carbocycles. The molecule has 1 saturated heterocycles. The third kappa shape index (κ3) is 3.07. The fraction of sp³-hybridized carbons (Fsp3) is 0.500. The van der Waals surface area contributed by atoms with Gasteiger partial charge >= 0.3 is 0 Å². The first-order valence-corrected chi connectivity index (χ1v) is 6.08. The van der Waals surface area contributed by atoms with E-state index in [0.717, 1.165) is 25.1 Å². The molecule has 2 rings (SSSR count). The lowest BCUT2D eigenvalue weighted by Crippen LogP contribution is -2.51. The number of nitrogens with zero attached hydrogens (tertiary/aromatic N) is 1. The van der Waals surface area contributed by atoms with Gasteiger partial charge in [-0.2, -0.15) is 0 Å². The molecular weight excluding hydrogens is 214 g/mol. The highest BCUT2D eigenvalue weighted by Gasteiger charge is 2.24. The van der Waals surface area contributed by atoms with E-state index in [1.165, 1.54) is 5.56 Å². The number of ether oxygens (including phenoxy) is 1. The van der Waals surface area contributed by atoms with Gasteiger partial charge in [-0.3, -0.25) is 4.90 Å². The second-order valence-corrected chi connectivity index (χ2v) is 4.83. The molecule has 3 heteroatoms. The largest absolute Gasteiger partial charge is 0.488 e. The van der Waals surface area contributed by atoms with Crippen molar-refractivity contribution in [1.82, 2.24) is 4.90 Å². The van der Waals surface area contributed by atoms with Crippen molar-refractivity contribution in [3.8, 4) is 5.75 Å². The Morgan fingerprint density at radius 1 is 1.41 bits per heavy atom. The third-order valence-electron chi connectivity index (χ3n) is 3.23. The number of aldehydes is 1. The van der Waals surface area contributed by atoms with Crippen molar-refractivity contribution >= 4 is 6.29 Å². The molecule has 1 atom stereocenters. The minimum Gasteiger partial charge on any atom is -0.488 e. The summed E-state index contributed by atoms with van der Waals surface area (Å²) in [5, 5.41) is 0. The van der Waals surface area contributed by atoms with Crippen LogP contribution in [0.4, 0.5) is 0 Å². The smallest absolute Gasteiger partial charge is 0.124 e. The van der Waals surface area contributed by atoms with Gasteiger partial charge in [-0.1, -0.05) is 19.1 Å². The average molecular weight is 233 g/mol. The van der Waals surface area contributed by atoms with Gasteiger partial charge in [0.05, 0.1) is 0 Å². The van der Waals surface area contributed by atoms with E-state index in [4.69, 9.17) is 4.74 Å². The van der Waals surface area contributed by atoms with E-state index in [0.29, 0.717) is 12.5 Å². The Balaban J connectivity index is 1.91. The molecule has 0 N–H and O–H groups in total. The molecule has 0 aliphatic carbocycles. The van der Waals surface area contributed by atoms with Gasteiger partial charge in [-0.15, -0.1) is 0 Å². The normalized spacial score (nSPS) is 18.5. The van der Waals surface area contributed by atoms with Gasteiger partial charge in [0.25, 0.3) is 0 Å². The van der Waals surface area contributed by atoms with Crippen LogP contribution in [0.3, 0.4) is 0 Å². The number of carbonyl (C=O) groups excluding carboxylic acids is 1. The molecular formula is C14H19NO2. The van der Waals surface area contributed by atoms with Crippen LogP contribution in [0.5, 0.6) is 5.75 Å². The summed E-state index contributed by atoms with van der Waals surface area (Å²) >= 11 is 0. The summed E-state index contributed by atoms with van der Waals surface area (Å²) in [6.07, 6.45) is 1.88. The van der Waals surface area contributed by atoms with E-state index in [-0.39, 0.29) is 5.92 Å². The van der Waals surface area contributed by atoms with Crippen LogP contribution in [0.25, 0.3) is 0 Å². The third-order valence-corrected chi connectivity index (χ3v) is 3.23. The molecule has 92 valence electrons. The average Bonchev–Trinajstić information content (AvgIpc) is 2.28. The Labute approximate surface area is 102 Å². The van der Waals surface area contributed by atoms with Crippen LogP contribution in [-0.4, -0.2) is 37.4 Å². The Kier molecular flexibility index (Phi) is 3.79. The maximum absolute atomic E-state index is 10.4. The minimum absolute atomic E-state index is 0.288. The van der Waals surface area contributed by atoms with Gasteiger partial charge in [0, 0.05) is 19.5 Å². The molecule has 17 heavy (non-hydrogen) atoms. The second kappa shape index (κ2) is 5.32. The van der Waals surface area contributed by atoms with Crippen molar-refractivity contribution in [3.63, 3.8) is 0 Å². The van der Waals surface area contributed by atoms with E-state index in [9.17, 15) is 4.79 Å². The van der Waals surface area contributed by atoms with E-state index < -0.39 is 0 Å². The summed E-state index contributed by atoms with van der Waals surface area (Å²) in [6, 6.07) is 8.08. The van der Waals surface area contributed by atoms with Crippen molar-refractivity contribution < 1.29 is 9.53 Å². The maximum Gasteiger partial charge on any atom is 0.124 e. The molecule has 0 aromatic heterocycles. The zero-order chi connectivity index (χ0) is 12.3. The standard InChI is InChI=1S/C14H19NO2/c1-11(7-8-16)12-3-5-13(6-4-12)17-14-9-15(2)10-14/h3-6,8,11,14H,7,9-10H2,1-2H3. The zero-order valence-electron chi connectivity index (χ0n) is 10.4. The first-order valence-electron chi connectivity index (χ1n) is 6.08. The number of hydrogen-bond donors (Lipinski definition) is 0. The first kappa shape index (κ1) is 12.1. The lowest BCUT2D eigenvalue weighted by atomic mass is 9.98.